The zero-order chi connectivity index (χ0) is 14.2. The number of hydrogen-bond acceptors (Lipinski definition) is 3. The fraction of sp³-hybridized carbons (Fsp3) is 0.0909. The molecule has 0 radical (unpaired) electrons. The van der Waals surface area contributed by atoms with E-state index in [1.54, 1.807) is 0 Å². The van der Waals surface area contributed by atoms with Crippen LogP contribution in [0.3, 0.4) is 0 Å². The minimum absolute atomic E-state index is 0.516. The fourth-order valence-corrected chi connectivity index (χ4v) is 1.51. The predicted molar refractivity (Wildman–Crippen MR) is 53.9 cm³/mol. The number of halogens is 4. The molecule has 0 aliphatic heterocycles. The van der Waals surface area contributed by atoms with E-state index in [0.29, 0.717) is 6.07 Å². The SMILES string of the molecule is O=C(O)c1cnoc1-c1cccc(C(F)(F)F)c1F. The van der Waals surface area contributed by atoms with Crippen molar-refractivity contribution in [1.29, 1.82) is 0 Å². The highest BCUT2D eigenvalue weighted by molar-refractivity contribution is 5.94. The van der Waals surface area contributed by atoms with E-state index in [4.69, 9.17) is 5.11 Å². The lowest BCUT2D eigenvalue weighted by Crippen LogP contribution is -2.09. The molecule has 4 nitrogen and oxygen atoms in total. The zero-order valence-electron chi connectivity index (χ0n) is 9.03. The smallest absolute Gasteiger partial charge is 0.419 e. The normalized spacial score (nSPS) is 11.6. The molecule has 0 amide bonds. The Kier molecular flexibility index (Phi) is 3.01. The van der Waals surface area contributed by atoms with E-state index in [1.807, 2.05) is 0 Å². The van der Waals surface area contributed by atoms with Crippen molar-refractivity contribution in [3.8, 4) is 11.3 Å². The number of hydrogen-bond donors (Lipinski definition) is 1. The number of aromatic nitrogens is 1. The molecule has 100 valence electrons. The first kappa shape index (κ1) is 13.1. The molecule has 0 bridgehead atoms. The van der Waals surface area contributed by atoms with Crippen LogP contribution in [0.1, 0.15) is 15.9 Å². The monoisotopic (exact) mass is 275 g/mol. The van der Waals surface area contributed by atoms with Gasteiger partial charge in [0.05, 0.1) is 17.3 Å². The van der Waals surface area contributed by atoms with Gasteiger partial charge in [-0.2, -0.15) is 13.2 Å². The second-order valence-electron chi connectivity index (χ2n) is 3.54. The van der Waals surface area contributed by atoms with Gasteiger partial charge in [-0.1, -0.05) is 11.2 Å². The van der Waals surface area contributed by atoms with Gasteiger partial charge in [0.25, 0.3) is 0 Å². The first-order chi connectivity index (χ1) is 8.82. The van der Waals surface area contributed by atoms with Gasteiger partial charge in [0.2, 0.25) is 0 Å². The molecule has 19 heavy (non-hydrogen) atoms. The minimum atomic E-state index is -4.89. The number of aromatic carboxylic acids is 1. The number of carboxylic acid groups (broad SMARTS) is 1. The Bertz CT molecular complexity index is 633. The van der Waals surface area contributed by atoms with Crippen molar-refractivity contribution in [2.24, 2.45) is 0 Å². The summed E-state index contributed by atoms with van der Waals surface area (Å²) in [6.07, 6.45) is -4.10. The summed E-state index contributed by atoms with van der Waals surface area (Å²) in [4.78, 5) is 10.8. The van der Waals surface area contributed by atoms with Gasteiger partial charge >= 0.3 is 12.1 Å². The van der Waals surface area contributed by atoms with E-state index in [2.05, 4.69) is 9.68 Å². The lowest BCUT2D eigenvalue weighted by molar-refractivity contribution is -0.139. The Labute approximate surface area is 103 Å². The van der Waals surface area contributed by atoms with Crippen LogP contribution in [0.5, 0.6) is 0 Å². The largest absolute Gasteiger partial charge is 0.477 e. The lowest BCUT2D eigenvalue weighted by Gasteiger charge is -2.09. The van der Waals surface area contributed by atoms with Crippen LogP contribution in [0.25, 0.3) is 11.3 Å². The van der Waals surface area contributed by atoms with Gasteiger partial charge in [-0.25, -0.2) is 9.18 Å². The van der Waals surface area contributed by atoms with E-state index in [1.165, 1.54) is 0 Å². The van der Waals surface area contributed by atoms with Crippen LogP contribution < -0.4 is 0 Å². The van der Waals surface area contributed by atoms with Crippen LogP contribution in [-0.2, 0) is 6.18 Å². The summed E-state index contributed by atoms with van der Waals surface area (Å²) >= 11 is 0. The summed E-state index contributed by atoms with van der Waals surface area (Å²) in [7, 11) is 0. The Morgan fingerprint density at radius 3 is 2.58 bits per heavy atom. The molecule has 8 heteroatoms. The Balaban J connectivity index is 2.64. The molecule has 0 saturated carbocycles. The molecular weight excluding hydrogens is 270 g/mol. The van der Waals surface area contributed by atoms with Gasteiger partial charge in [0.1, 0.15) is 11.4 Å². The maximum atomic E-state index is 13.8. The average molecular weight is 275 g/mol. The molecule has 0 fully saturated rings. The summed E-state index contributed by atoms with van der Waals surface area (Å²) in [5.41, 5.74) is -2.62. The van der Waals surface area contributed by atoms with E-state index in [-0.39, 0.29) is 0 Å². The van der Waals surface area contributed by atoms with Crippen LogP contribution in [-0.4, -0.2) is 16.2 Å². The second kappa shape index (κ2) is 4.38. The summed E-state index contributed by atoms with van der Waals surface area (Å²) < 4.78 is 55.9. The molecule has 0 spiro atoms. The topological polar surface area (TPSA) is 63.3 Å². The number of carbonyl (C=O) groups is 1. The fourth-order valence-electron chi connectivity index (χ4n) is 1.51. The van der Waals surface area contributed by atoms with E-state index in [0.717, 1.165) is 18.3 Å². The van der Waals surface area contributed by atoms with Gasteiger partial charge in [0.15, 0.2) is 5.76 Å². The molecule has 0 atom stereocenters. The van der Waals surface area contributed by atoms with Gasteiger partial charge in [-0.15, -0.1) is 0 Å². The second-order valence-corrected chi connectivity index (χ2v) is 3.54. The maximum Gasteiger partial charge on any atom is 0.419 e. The van der Waals surface area contributed by atoms with Crippen molar-refractivity contribution in [1.82, 2.24) is 5.16 Å². The molecule has 0 unspecified atom stereocenters. The van der Waals surface area contributed by atoms with Crippen molar-refractivity contribution >= 4 is 5.97 Å². The first-order valence-corrected chi connectivity index (χ1v) is 4.86. The molecular formula is C11H5F4NO3. The van der Waals surface area contributed by atoms with Crippen molar-refractivity contribution in [2.45, 2.75) is 6.18 Å². The van der Waals surface area contributed by atoms with Gasteiger partial charge in [-0.05, 0) is 12.1 Å². The third kappa shape index (κ3) is 2.28. The number of benzene rings is 1. The molecule has 0 aliphatic carbocycles. The van der Waals surface area contributed by atoms with Crippen LogP contribution in [0.4, 0.5) is 17.6 Å². The third-order valence-electron chi connectivity index (χ3n) is 2.35. The van der Waals surface area contributed by atoms with Gasteiger partial charge in [0, 0.05) is 0 Å². The highest BCUT2D eigenvalue weighted by atomic mass is 19.4. The number of rotatable bonds is 2. The molecule has 1 aromatic carbocycles. The predicted octanol–water partition coefficient (Wildman–Crippen LogP) is 3.20. The van der Waals surface area contributed by atoms with Crippen LogP contribution in [0, 0.1) is 5.82 Å². The van der Waals surface area contributed by atoms with Crippen LogP contribution in [0.2, 0.25) is 0 Å². The summed E-state index contributed by atoms with van der Waals surface area (Å²) in [5.74, 6) is -3.64. The van der Waals surface area contributed by atoms with Crippen LogP contribution in [0.15, 0.2) is 28.9 Å². The van der Waals surface area contributed by atoms with Gasteiger partial charge < -0.3 is 9.63 Å². The highest BCUT2D eigenvalue weighted by Crippen LogP contribution is 2.36. The number of alkyl halides is 3. The standard InChI is InChI=1S/C11H5F4NO3/c12-8-5(2-1-3-7(8)11(13,14)15)9-6(10(17)18)4-16-19-9/h1-4H,(H,17,18). The molecule has 0 saturated heterocycles. The molecule has 1 heterocycles. The number of carboxylic acids is 1. The van der Waals surface area contributed by atoms with Crippen molar-refractivity contribution in [3.63, 3.8) is 0 Å². The summed E-state index contributed by atoms with van der Waals surface area (Å²) in [5, 5.41) is 11.9. The Hall–Kier alpha value is -2.38. The average Bonchev–Trinajstić information content (AvgIpc) is 2.76. The molecule has 0 aliphatic rings. The lowest BCUT2D eigenvalue weighted by atomic mass is 10.0. The summed E-state index contributed by atoms with van der Waals surface area (Å²) in [6, 6.07) is 2.49. The van der Waals surface area contributed by atoms with E-state index in [9.17, 15) is 22.4 Å². The van der Waals surface area contributed by atoms with E-state index >= 15 is 0 Å². The van der Waals surface area contributed by atoms with Crippen LogP contribution >= 0.6 is 0 Å². The van der Waals surface area contributed by atoms with E-state index < -0.39 is 40.4 Å². The van der Waals surface area contributed by atoms with Gasteiger partial charge in [-0.3, -0.25) is 0 Å². The summed E-state index contributed by atoms with van der Waals surface area (Å²) in [6.45, 7) is 0. The molecule has 1 N–H and O–H groups in total. The maximum absolute atomic E-state index is 13.8. The van der Waals surface area contributed by atoms with Crippen molar-refractivity contribution in [3.05, 3.63) is 41.3 Å². The quantitative estimate of drug-likeness (QED) is 0.855. The Morgan fingerprint density at radius 2 is 2.00 bits per heavy atom. The number of nitrogens with zero attached hydrogens (tertiary/aromatic N) is 1. The van der Waals surface area contributed by atoms with Crippen molar-refractivity contribution in [2.75, 3.05) is 0 Å². The Morgan fingerprint density at radius 1 is 1.32 bits per heavy atom. The minimum Gasteiger partial charge on any atom is -0.477 e. The first-order valence-electron chi connectivity index (χ1n) is 4.86. The zero-order valence-corrected chi connectivity index (χ0v) is 9.03. The molecule has 1 aromatic heterocycles. The highest BCUT2D eigenvalue weighted by Gasteiger charge is 2.36. The third-order valence-corrected chi connectivity index (χ3v) is 2.35. The van der Waals surface area contributed by atoms with Crippen molar-refractivity contribution < 1.29 is 32.0 Å². The molecule has 2 rings (SSSR count). The molecule has 2 aromatic rings.